The molecule has 0 aliphatic carbocycles. The van der Waals surface area contributed by atoms with E-state index in [2.05, 4.69) is 25.5 Å². The summed E-state index contributed by atoms with van der Waals surface area (Å²) in [6.45, 7) is 1.92. The first-order valence-electron chi connectivity index (χ1n) is 4.10. The molecular formula is C8H10N6. The maximum atomic E-state index is 5.51. The molecule has 6 nitrogen and oxygen atoms in total. The summed E-state index contributed by atoms with van der Waals surface area (Å²) in [6, 6.07) is 1.66. The molecule has 14 heavy (non-hydrogen) atoms. The van der Waals surface area contributed by atoms with Gasteiger partial charge in [-0.15, -0.1) is 0 Å². The number of anilines is 3. The van der Waals surface area contributed by atoms with Crippen LogP contribution in [0.25, 0.3) is 0 Å². The zero-order valence-corrected chi connectivity index (χ0v) is 7.65. The molecule has 0 saturated carbocycles. The van der Waals surface area contributed by atoms with E-state index in [1.165, 1.54) is 6.33 Å². The summed E-state index contributed by atoms with van der Waals surface area (Å²) in [6.07, 6.45) is 3.10. The minimum absolute atomic E-state index is 0.434. The van der Waals surface area contributed by atoms with Crippen molar-refractivity contribution < 1.29 is 0 Å². The molecular weight excluding hydrogens is 180 g/mol. The summed E-state index contributed by atoms with van der Waals surface area (Å²) < 4.78 is 0. The third-order valence-corrected chi connectivity index (χ3v) is 1.78. The van der Waals surface area contributed by atoms with E-state index in [0.29, 0.717) is 11.6 Å². The second-order valence-electron chi connectivity index (χ2n) is 2.86. The topological polar surface area (TPSA) is 92.5 Å². The van der Waals surface area contributed by atoms with E-state index >= 15 is 0 Å². The molecule has 0 aliphatic heterocycles. The molecule has 0 aromatic carbocycles. The van der Waals surface area contributed by atoms with Gasteiger partial charge in [-0.25, -0.2) is 9.97 Å². The zero-order valence-electron chi connectivity index (χ0n) is 7.65. The van der Waals surface area contributed by atoms with Crippen molar-refractivity contribution in [1.29, 1.82) is 0 Å². The van der Waals surface area contributed by atoms with Gasteiger partial charge in [-0.1, -0.05) is 0 Å². The molecule has 0 spiro atoms. The van der Waals surface area contributed by atoms with Crippen LogP contribution in [0.15, 0.2) is 18.6 Å². The van der Waals surface area contributed by atoms with Gasteiger partial charge in [0.2, 0.25) is 0 Å². The van der Waals surface area contributed by atoms with Gasteiger partial charge in [-0.05, 0) is 6.92 Å². The average molecular weight is 190 g/mol. The summed E-state index contributed by atoms with van der Waals surface area (Å²) in [5.41, 5.74) is 7.34. The number of nitrogens with one attached hydrogen (secondary N) is 2. The lowest BCUT2D eigenvalue weighted by Crippen LogP contribution is -1.97. The van der Waals surface area contributed by atoms with Crippen LogP contribution in [-0.2, 0) is 0 Å². The fourth-order valence-corrected chi connectivity index (χ4v) is 1.06. The van der Waals surface area contributed by atoms with Crippen molar-refractivity contribution in [2.45, 2.75) is 6.92 Å². The zero-order chi connectivity index (χ0) is 9.97. The molecule has 0 radical (unpaired) electrons. The highest BCUT2D eigenvalue weighted by atomic mass is 15.1. The molecule has 0 atom stereocenters. The molecule has 2 rings (SSSR count). The highest BCUT2D eigenvalue weighted by Crippen LogP contribution is 2.16. The average Bonchev–Trinajstić information content (AvgIpc) is 2.52. The Bertz CT molecular complexity index is 435. The van der Waals surface area contributed by atoms with Gasteiger partial charge in [0.15, 0.2) is 0 Å². The van der Waals surface area contributed by atoms with Crippen LogP contribution in [0.1, 0.15) is 5.69 Å². The molecule has 4 N–H and O–H groups in total. The van der Waals surface area contributed by atoms with Crippen molar-refractivity contribution in [2.24, 2.45) is 0 Å². The summed E-state index contributed by atoms with van der Waals surface area (Å²) >= 11 is 0. The lowest BCUT2D eigenvalue weighted by molar-refractivity contribution is 1.05. The van der Waals surface area contributed by atoms with Crippen molar-refractivity contribution >= 4 is 17.3 Å². The van der Waals surface area contributed by atoms with Crippen LogP contribution in [0.3, 0.4) is 0 Å². The minimum Gasteiger partial charge on any atom is -0.384 e. The lowest BCUT2D eigenvalue weighted by Gasteiger charge is -2.03. The molecule has 2 aromatic rings. The van der Waals surface area contributed by atoms with Crippen molar-refractivity contribution in [2.75, 3.05) is 11.1 Å². The van der Waals surface area contributed by atoms with Crippen LogP contribution < -0.4 is 11.1 Å². The van der Waals surface area contributed by atoms with Crippen LogP contribution in [0, 0.1) is 6.92 Å². The summed E-state index contributed by atoms with van der Waals surface area (Å²) in [5.74, 6) is 1.09. The molecule has 2 heterocycles. The fraction of sp³-hybridized carbons (Fsp3) is 0.125. The highest BCUT2D eigenvalue weighted by molar-refractivity contribution is 5.59. The predicted molar refractivity (Wildman–Crippen MR) is 53.1 cm³/mol. The molecule has 6 heteroatoms. The minimum atomic E-state index is 0.434. The van der Waals surface area contributed by atoms with Crippen LogP contribution in [0.5, 0.6) is 0 Å². The Balaban J connectivity index is 2.23. The SMILES string of the molecule is Cc1[nH]ncc1Nc1cc(N)ncn1. The quantitative estimate of drug-likeness (QED) is 0.652. The second kappa shape index (κ2) is 3.33. The summed E-state index contributed by atoms with van der Waals surface area (Å²) in [5, 5.41) is 9.76. The molecule has 0 bridgehead atoms. The molecule has 72 valence electrons. The van der Waals surface area contributed by atoms with E-state index in [-0.39, 0.29) is 0 Å². The molecule has 0 unspecified atom stereocenters. The Hall–Kier alpha value is -2.11. The number of rotatable bonds is 2. The van der Waals surface area contributed by atoms with Gasteiger partial charge in [-0.3, -0.25) is 5.10 Å². The summed E-state index contributed by atoms with van der Waals surface area (Å²) in [7, 11) is 0. The van der Waals surface area contributed by atoms with Crippen LogP contribution in [0.2, 0.25) is 0 Å². The molecule has 0 saturated heterocycles. The number of hydrogen-bond acceptors (Lipinski definition) is 5. The second-order valence-corrected chi connectivity index (χ2v) is 2.86. The number of nitrogens with zero attached hydrogens (tertiary/aromatic N) is 3. The number of H-pyrrole nitrogens is 1. The Morgan fingerprint density at radius 1 is 1.43 bits per heavy atom. The van der Waals surface area contributed by atoms with Crippen LogP contribution in [0.4, 0.5) is 17.3 Å². The largest absolute Gasteiger partial charge is 0.384 e. The maximum Gasteiger partial charge on any atom is 0.135 e. The van der Waals surface area contributed by atoms with Crippen LogP contribution in [-0.4, -0.2) is 20.2 Å². The molecule has 0 aliphatic rings. The number of aromatic amines is 1. The molecule has 0 fully saturated rings. The van der Waals surface area contributed by atoms with Crippen molar-refractivity contribution in [3.63, 3.8) is 0 Å². The van der Waals surface area contributed by atoms with Gasteiger partial charge in [0.25, 0.3) is 0 Å². The number of nitrogen functional groups attached to an aromatic ring is 1. The predicted octanol–water partition coefficient (Wildman–Crippen LogP) is 0.834. The molecule has 0 amide bonds. The smallest absolute Gasteiger partial charge is 0.135 e. The van der Waals surface area contributed by atoms with Gasteiger partial charge in [0.1, 0.15) is 18.0 Å². The fourth-order valence-electron chi connectivity index (χ4n) is 1.06. The number of aryl methyl sites for hydroxylation is 1. The van der Waals surface area contributed by atoms with E-state index in [1.807, 2.05) is 6.92 Å². The maximum absolute atomic E-state index is 5.51. The number of hydrogen-bond donors (Lipinski definition) is 3. The third kappa shape index (κ3) is 1.63. The Morgan fingerprint density at radius 2 is 2.29 bits per heavy atom. The van der Waals surface area contributed by atoms with E-state index < -0.39 is 0 Å². The van der Waals surface area contributed by atoms with Crippen molar-refractivity contribution in [3.05, 3.63) is 24.3 Å². The van der Waals surface area contributed by atoms with E-state index in [9.17, 15) is 0 Å². The number of nitrogens with two attached hydrogens (primary N) is 1. The Morgan fingerprint density at radius 3 is 2.93 bits per heavy atom. The third-order valence-electron chi connectivity index (χ3n) is 1.78. The van der Waals surface area contributed by atoms with E-state index in [1.54, 1.807) is 12.3 Å². The van der Waals surface area contributed by atoms with Gasteiger partial charge in [0, 0.05) is 6.07 Å². The first-order chi connectivity index (χ1) is 6.75. The first kappa shape index (κ1) is 8.49. The van der Waals surface area contributed by atoms with Gasteiger partial charge in [0.05, 0.1) is 17.6 Å². The standard InChI is InChI=1S/C8H10N6/c1-5-6(3-12-14-5)13-8-2-7(9)10-4-11-8/h2-4H,1H3,(H,12,14)(H3,9,10,11,13). The van der Waals surface area contributed by atoms with Gasteiger partial charge < -0.3 is 11.1 Å². The molecule has 2 aromatic heterocycles. The lowest BCUT2D eigenvalue weighted by atomic mass is 10.4. The van der Waals surface area contributed by atoms with Crippen LogP contribution >= 0.6 is 0 Å². The monoisotopic (exact) mass is 190 g/mol. The van der Waals surface area contributed by atoms with Gasteiger partial charge in [-0.2, -0.15) is 5.10 Å². The normalized spacial score (nSPS) is 10.1. The summed E-state index contributed by atoms with van der Waals surface area (Å²) in [4.78, 5) is 7.81. The van der Waals surface area contributed by atoms with Crippen molar-refractivity contribution in [3.8, 4) is 0 Å². The first-order valence-corrected chi connectivity index (χ1v) is 4.10. The van der Waals surface area contributed by atoms with E-state index in [4.69, 9.17) is 5.73 Å². The Labute approximate surface area is 80.6 Å². The van der Waals surface area contributed by atoms with Gasteiger partial charge >= 0.3 is 0 Å². The van der Waals surface area contributed by atoms with E-state index in [0.717, 1.165) is 11.4 Å². The number of aromatic nitrogens is 4. The van der Waals surface area contributed by atoms with Crippen molar-refractivity contribution in [1.82, 2.24) is 20.2 Å². The Kier molecular flexibility index (Phi) is 2.02. The highest BCUT2D eigenvalue weighted by Gasteiger charge is 2.01.